The minimum atomic E-state index is 0.717. The van der Waals surface area contributed by atoms with Gasteiger partial charge in [0.25, 0.3) is 4.34 Å². The van der Waals surface area contributed by atoms with Gasteiger partial charge < -0.3 is 17.2 Å². The topological polar surface area (TPSA) is 8.81 Å². The van der Waals surface area contributed by atoms with E-state index in [4.69, 9.17) is 24.8 Å². The summed E-state index contributed by atoms with van der Waals surface area (Å²) in [6.45, 7) is 2.03. The number of thiazole rings is 2. The van der Waals surface area contributed by atoms with Gasteiger partial charge in [-0.25, -0.2) is 0 Å². The molecule has 2 aromatic carbocycles. The molecule has 5 rings (SSSR count). The zero-order chi connectivity index (χ0) is 17.2. The number of hydrogen-bond donors (Lipinski definition) is 0. The number of para-hydroxylation sites is 2. The fourth-order valence-corrected chi connectivity index (χ4v) is 6.90. The molecule has 25 heavy (non-hydrogen) atoms. The van der Waals surface area contributed by atoms with Crippen molar-refractivity contribution in [2.45, 2.75) is 17.4 Å². The smallest absolute Gasteiger partial charge is 0.298 e. The molecule has 0 atom stereocenters. The van der Waals surface area contributed by atoms with Crippen LogP contribution in [0.15, 0.2) is 52.9 Å². The first-order chi connectivity index (χ1) is 12.3. The fraction of sp³-hybridized carbons (Fsp3) is 0.222. The lowest BCUT2D eigenvalue weighted by atomic mass is 10.3. The second kappa shape index (κ2) is 7.80. The van der Waals surface area contributed by atoms with E-state index in [1.807, 2.05) is 35.2 Å². The summed E-state index contributed by atoms with van der Waals surface area (Å²) in [6.07, 6.45) is 0. The predicted molar refractivity (Wildman–Crippen MR) is 116 cm³/mol. The van der Waals surface area contributed by atoms with E-state index in [9.17, 15) is 0 Å². The monoisotopic (exact) mass is 420 g/mol. The summed E-state index contributed by atoms with van der Waals surface area (Å²) < 4.78 is 9.59. The third kappa shape index (κ3) is 3.53. The molecule has 2 aromatic heterocycles. The summed E-state index contributed by atoms with van der Waals surface area (Å²) in [5, 5.41) is 0. The van der Waals surface area contributed by atoms with Gasteiger partial charge in [-0.2, -0.15) is 10.3 Å². The Balaban J connectivity index is 0.000000126. The van der Waals surface area contributed by atoms with Gasteiger partial charge in [-0.15, -0.1) is 11.3 Å². The van der Waals surface area contributed by atoms with Gasteiger partial charge in [-0.1, -0.05) is 35.6 Å². The van der Waals surface area contributed by atoms with Gasteiger partial charge in [0.15, 0.2) is 10.5 Å². The highest BCUT2D eigenvalue weighted by Crippen LogP contribution is 2.31. The van der Waals surface area contributed by atoms with Crippen LogP contribution in [-0.2, 0) is 25.7 Å². The molecule has 0 spiro atoms. The number of rotatable bonds is 2. The van der Waals surface area contributed by atoms with Gasteiger partial charge in [-0.05, 0) is 42.2 Å². The summed E-state index contributed by atoms with van der Waals surface area (Å²) >= 11 is 15.8. The molecule has 0 bridgehead atoms. The minimum Gasteiger partial charge on any atom is -0.791 e. The van der Waals surface area contributed by atoms with E-state index < -0.39 is 0 Å². The molecule has 1 aliphatic rings. The van der Waals surface area contributed by atoms with Crippen LogP contribution in [-0.4, -0.2) is 16.1 Å². The normalized spacial score (nSPS) is 13.0. The first-order valence-electron chi connectivity index (χ1n) is 7.98. The third-order valence-corrected chi connectivity index (χ3v) is 8.03. The molecule has 0 saturated heterocycles. The minimum absolute atomic E-state index is 0.717. The van der Waals surface area contributed by atoms with Crippen molar-refractivity contribution in [3.8, 4) is 0 Å². The van der Waals surface area contributed by atoms with Crippen LogP contribution < -0.4 is 4.57 Å². The van der Waals surface area contributed by atoms with Crippen molar-refractivity contribution in [3.63, 3.8) is 0 Å². The van der Waals surface area contributed by atoms with Gasteiger partial charge in [0, 0.05) is 12.6 Å². The lowest BCUT2D eigenvalue weighted by Gasteiger charge is -2.06. The Morgan fingerprint density at radius 2 is 1.80 bits per heavy atom. The molecule has 0 radical (unpaired) electrons. The van der Waals surface area contributed by atoms with Crippen LogP contribution in [0.2, 0.25) is 0 Å². The van der Waals surface area contributed by atoms with Crippen LogP contribution >= 0.6 is 46.7 Å². The molecule has 4 aromatic rings. The zero-order valence-corrected chi connectivity index (χ0v) is 17.5. The predicted octanol–water partition coefficient (Wildman–Crippen LogP) is 5.27. The van der Waals surface area contributed by atoms with E-state index >= 15 is 0 Å². The SMILES string of the molecule is S=c1sc2ccccc2n1CC[S-].c1ccc2c(c1)sc1[n+]2CCS1. The van der Waals surface area contributed by atoms with Gasteiger partial charge in [-0.3, -0.25) is 0 Å². The van der Waals surface area contributed by atoms with Crippen LogP contribution in [0.5, 0.6) is 0 Å². The number of aromatic nitrogens is 2. The number of hydrogen-bond acceptors (Lipinski definition) is 5. The molecule has 0 amide bonds. The Morgan fingerprint density at radius 1 is 1.04 bits per heavy atom. The Morgan fingerprint density at radius 3 is 2.64 bits per heavy atom. The molecule has 0 unspecified atom stereocenters. The van der Waals surface area contributed by atoms with Crippen LogP contribution in [0.25, 0.3) is 20.4 Å². The molecule has 128 valence electrons. The quantitative estimate of drug-likeness (QED) is 0.248. The molecule has 0 fully saturated rings. The molecule has 0 N–H and O–H groups in total. The van der Waals surface area contributed by atoms with E-state index in [2.05, 4.69) is 45.5 Å². The molecular weight excluding hydrogens is 405 g/mol. The van der Waals surface area contributed by atoms with Gasteiger partial charge in [0.1, 0.15) is 4.70 Å². The standard InChI is InChI=1S/C9H9NS3.C9H8NS2/c11-6-5-10-7-3-1-2-4-8(7)13-9(10)12;1-2-4-8-7(3-1)10-5-6-11-9(10)12-8/h1-4,11H,5-6H2;1-4H,5-6H2/q;+1/p-1. The zero-order valence-electron chi connectivity index (χ0n) is 13.4. The van der Waals surface area contributed by atoms with E-state index in [0.29, 0.717) is 0 Å². The molecular formula is C18H16N2S5. The second-order valence-corrected chi connectivity index (χ2v) is 9.98. The Kier molecular flexibility index (Phi) is 5.47. The fourth-order valence-electron chi connectivity index (χ4n) is 2.87. The van der Waals surface area contributed by atoms with Crippen molar-refractivity contribution in [1.82, 2.24) is 4.57 Å². The average Bonchev–Trinajstić information content (AvgIpc) is 3.29. The number of thioether (sulfide) groups is 1. The number of fused-ring (bicyclic) bond motifs is 4. The van der Waals surface area contributed by atoms with Gasteiger partial charge in [0.05, 0.1) is 16.0 Å². The van der Waals surface area contributed by atoms with Gasteiger partial charge >= 0.3 is 0 Å². The first-order valence-corrected chi connectivity index (χ1v) is 11.6. The van der Waals surface area contributed by atoms with Gasteiger partial charge in [0.2, 0.25) is 5.52 Å². The summed E-state index contributed by atoms with van der Waals surface area (Å²) in [5.41, 5.74) is 2.62. The highest BCUT2D eigenvalue weighted by atomic mass is 32.2. The van der Waals surface area contributed by atoms with Crippen molar-refractivity contribution < 1.29 is 4.57 Å². The maximum Gasteiger partial charge on any atom is 0.298 e. The van der Waals surface area contributed by atoms with E-state index in [-0.39, 0.29) is 0 Å². The molecule has 0 saturated carbocycles. The summed E-state index contributed by atoms with van der Waals surface area (Å²) in [6, 6.07) is 16.9. The number of aryl methyl sites for hydroxylation is 2. The van der Waals surface area contributed by atoms with Crippen molar-refractivity contribution in [2.24, 2.45) is 0 Å². The highest BCUT2D eigenvalue weighted by Gasteiger charge is 2.25. The van der Waals surface area contributed by atoms with Crippen molar-refractivity contribution in [1.29, 1.82) is 0 Å². The maximum absolute atomic E-state index is 5.25. The Hall–Kier alpha value is -0.860. The van der Waals surface area contributed by atoms with Crippen LogP contribution in [0.4, 0.5) is 0 Å². The van der Waals surface area contributed by atoms with E-state index in [0.717, 1.165) is 16.3 Å². The molecule has 2 nitrogen and oxygen atoms in total. The van der Waals surface area contributed by atoms with Crippen LogP contribution in [0.3, 0.4) is 0 Å². The van der Waals surface area contributed by atoms with E-state index in [1.54, 1.807) is 11.3 Å². The Bertz CT molecular complexity index is 1080. The number of benzene rings is 2. The number of nitrogens with zero attached hydrogens (tertiary/aromatic N) is 2. The second-order valence-electron chi connectivity index (χ2n) is 5.53. The lowest BCUT2D eigenvalue weighted by Crippen LogP contribution is -2.30. The van der Waals surface area contributed by atoms with E-state index in [1.165, 1.54) is 37.1 Å². The van der Waals surface area contributed by atoms with Crippen LogP contribution in [0.1, 0.15) is 0 Å². The molecule has 3 heterocycles. The van der Waals surface area contributed by atoms with Crippen molar-refractivity contribution in [2.75, 3.05) is 11.5 Å². The highest BCUT2D eigenvalue weighted by molar-refractivity contribution is 8.01. The lowest BCUT2D eigenvalue weighted by molar-refractivity contribution is -0.692. The summed E-state index contributed by atoms with van der Waals surface area (Å²) in [4.78, 5) is 0. The average molecular weight is 421 g/mol. The van der Waals surface area contributed by atoms with Crippen LogP contribution in [0, 0.1) is 3.95 Å². The third-order valence-electron chi connectivity index (χ3n) is 4.00. The van der Waals surface area contributed by atoms with Crippen molar-refractivity contribution in [3.05, 3.63) is 52.5 Å². The maximum atomic E-state index is 5.25. The summed E-state index contributed by atoms with van der Waals surface area (Å²) in [7, 11) is 0. The largest absolute Gasteiger partial charge is 0.791 e. The Labute approximate surface area is 169 Å². The molecule has 7 heteroatoms. The molecule has 1 aliphatic heterocycles. The first kappa shape index (κ1) is 17.5. The van der Waals surface area contributed by atoms with Crippen molar-refractivity contribution >= 4 is 79.7 Å². The molecule has 0 aliphatic carbocycles. The summed E-state index contributed by atoms with van der Waals surface area (Å²) in [5.74, 6) is 1.96.